The summed E-state index contributed by atoms with van der Waals surface area (Å²) in [5.74, 6) is 4.19. The molecule has 3 atom stereocenters. The Bertz CT molecular complexity index is 724. The first-order chi connectivity index (χ1) is 11.8. The number of carbonyl (C=O) groups is 1. The van der Waals surface area contributed by atoms with E-state index in [-0.39, 0.29) is 12.6 Å². The van der Waals surface area contributed by atoms with Gasteiger partial charge in [-0.2, -0.15) is 0 Å². The first-order valence-electron chi connectivity index (χ1n) is 9.17. The Labute approximate surface area is 142 Å². The fraction of sp³-hybridized carbons (Fsp3) is 0.550. The first-order valence-corrected chi connectivity index (χ1v) is 9.17. The third kappa shape index (κ3) is 2.40. The Morgan fingerprint density at radius 1 is 1.21 bits per heavy atom. The second kappa shape index (κ2) is 5.54. The maximum atomic E-state index is 12.6. The van der Waals surface area contributed by atoms with Gasteiger partial charge >= 0.3 is 0 Å². The fourth-order valence-corrected chi connectivity index (χ4v) is 5.10. The summed E-state index contributed by atoms with van der Waals surface area (Å²) in [6.07, 6.45) is 8.84. The van der Waals surface area contributed by atoms with Gasteiger partial charge in [0.25, 0.3) is 0 Å². The molecule has 4 nitrogen and oxygen atoms in total. The normalized spacial score (nSPS) is 31.2. The third-order valence-electron chi connectivity index (χ3n) is 6.25. The van der Waals surface area contributed by atoms with Crippen molar-refractivity contribution in [2.45, 2.75) is 38.5 Å². The van der Waals surface area contributed by atoms with Gasteiger partial charge in [-0.3, -0.25) is 4.79 Å². The van der Waals surface area contributed by atoms with Crippen molar-refractivity contribution in [3.63, 3.8) is 0 Å². The zero-order valence-corrected chi connectivity index (χ0v) is 13.8. The monoisotopic (exact) mass is 325 g/mol. The Kier molecular flexibility index (Phi) is 3.32. The lowest BCUT2D eigenvalue weighted by Gasteiger charge is -2.23. The van der Waals surface area contributed by atoms with E-state index >= 15 is 0 Å². The molecule has 0 spiro atoms. The van der Waals surface area contributed by atoms with Crippen LogP contribution in [0.25, 0.3) is 5.70 Å². The molecule has 2 heterocycles. The maximum Gasteiger partial charge on any atom is 0.231 e. The lowest BCUT2D eigenvalue weighted by Crippen LogP contribution is -2.24. The molecule has 0 aromatic heterocycles. The zero-order chi connectivity index (χ0) is 16.1. The van der Waals surface area contributed by atoms with Crippen molar-refractivity contribution in [2.75, 3.05) is 13.3 Å². The van der Waals surface area contributed by atoms with Gasteiger partial charge in [-0.25, -0.2) is 0 Å². The molecule has 0 unspecified atom stereocenters. The molecular formula is C20H23NO3. The van der Waals surface area contributed by atoms with Gasteiger partial charge in [0, 0.05) is 30.3 Å². The quantitative estimate of drug-likeness (QED) is 0.866. The van der Waals surface area contributed by atoms with Crippen molar-refractivity contribution in [1.82, 2.24) is 5.32 Å². The number of hydrogen-bond donors (Lipinski definition) is 1. The minimum absolute atomic E-state index is 0.264. The summed E-state index contributed by atoms with van der Waals surface area (Å²) in [4.78, 5) is 12.6. The summed E-state index contributed by atoms with van der Waals surface area (Å²) >= 11 is 0. The van der Waals surface area contributed by atoms with Crippen LogP contribution < -0.4 is 14.8 Å². The van der Waals surface area contributed by atoms with Gasteiger partial charge in [0.15, 0.2) is 17.3 Å². The molecule has 1 N–H and O–H groups in total. The van der Waals surface area contributed by atoms with Crippen LogP contribution in [-0.2, 0) is 11.2 Å². The Morgan fingerprint density at radius 3 is 2.88 bits per heavy atom. The van der Waals surface area contributed by atoms with E-state index < -0.39 is 0 Å². The van der Waals surface area contributed by atoms with Crippen molar-refractivity contribution < 1.29 is 14.3 Å². The number of nitrogens with one attached hydrogen (secondary N) is 1. The summed E-state index contributed by atoms with van der Waals surface area (Å²) in [6, 6.07) is 4.08. The van der Waals surface area contributed by atoms with E-state index in [9.17, 15) is 4.79 Å². The van der Waals surface area contributed by atoms with Gasteiger partial charge in [-0.1, -0.05) is 6.42 Å². The van der Waals surface area contributed by atoms with Gasteiger partial charge in [0.2, 0.25) is 6.79 Å². The predicted molar refractivity (Wildman–Crippen MR) is 90.8 cm³/mol. The standard InChI is InChI=1S/C20H23NO3/c22-16(7-15-6-12-1-2-13(15)5-12)9-18-17-10-20-19(23-11-24-20)8-14(17)3-4-21-18/h8-10,12-13,15,21H,1-7,11H2/b18-9-/t12-,13-,15-/m1/s1. The molecule has 2 fully saturated rings. The Balaban J connectivity index is 1.37. The van der Waals surface area contributed by atoms with E-state index in [0.717, 1.165) is 47.6 Å². The summed E-state index contributed by atoms with van der Waals surface area (Å²) in [6.45, 7) is 1.15. The summed E-state index contributed by atoms with van der Waals surface area (Å²) in [5.41, 5.74) is 3.27. The first kappa shape index (κ1) is 14.4. The van der Waals surface area contributed by atoms with Gasteiger partial charge in [0.05, 0.1) is 0 Å². The highest BCUT2D eigenvalue weighted by Crippen LogP contribution is 2.49. The van der Waals surface area contributed by atoms with E-state index in [1.54, 1.807) is 0 Å². The molecule has 4 heteroatoms. The summed E-state index contributed by atoms with van der Waals surface area (Å²) in [5, 5.41) is 3.40. The topological polar surface area (TPSA) is 47.6 Å². The number of carbonyl (C=O) groups excluding carboxylic acids is 1. The van der Waals surface area contributed by atoms with Crippen LogP contribution in [0, 0.1) is 17.8 Å². The lowest BCUT2D eigenvalue weighted by atomic mass is 9.85. The number of rotatable bonds is 3. The molecule has 126 valence electrons. The van der Waals surface area contributed by atoms with Crippen LogP contribution in [0.15, 0.2) is 18.2 Å². The largest absolute Gasteiger partial charge is 0.454 e. The number of allylic oxidation sites excluding steroid dienone is 1. The molecule has 1 aromatic carbocycles. The molecule has 2 aliphatic carbocycles. The van der Waals surface area contributed by atoms with Gasteiger partial charge in [-0.05, 0) is 61.1 Å². The van der Waals surface area contributed by atoms with E-state index in [4.69, 9.17) is 9.47 Å². The van der Waals surface area contributed by atoms with E-state index in [1.807, 2.05) is 12.1 Å². The van der Waals surface area contributed by atoms with E-state index in [0.29, 0.717) is 12.3 Å². The summed E-state index contributed by atoms with van der Waals surface area (Å²) < 4.78 is 11.0. The van der Waals surface area contributed by atoms with Crippen LogP contribution >= 0.6 is 0 Å². The number of ether oxygens (including phenoxy) is 2. The lowest BCUT2D eigenvalue weighted by molar-refractivity contribution is -0.115. The molecule has 0 amide bonds. The average molecular weight is 325 g/mol. The van der Waals surface area contributed by atoms with Crippen LogP contribution in [-0.4, -0.2) is 19.1 Å². The maximum absolute atomic E-state index is 12.6. The zero-order valence-electron chi connectivity index (χ0n) is 13.8. The van der Waals surface area contributed by atoms with E-state index in [2.05, 4.69) is 11.4 Å². The minimum atomic E-state index is 0.264. The molecule has 0 radical (unpaired) electrons. The average Bonchev–Trinajstić information content (AvgIpc) is 3.29. The summed E-state index contributed by atoms with van der Waals surface area (Å²) in [7, 11) is 0. The molecule has 1 aromatic rings. The van der Waals surface area contributed by atoms with Gasteiger partial charge in [-0.15, -0.1) is 0 Å². The number of fused-ring (bicyclic) bond motifs is 4. The predicted octanol–water partition coefficient (Wildman–Crippen LogP) is 3.30. The Morgan fingerprint density at radius 2 is 2.08 bits per heavy atom. The molecule has 2 bridgehead atoms. The SMILES string of the molecule is O=C(/C=C1\NCCc2cc3c(cc21)OCO3)C[C@H]1C[C@@H]2CC[C@@H]1C2. The number of ketones is 1. The van der Waals surface area contributed by atoms with Crippen LogP contribution in [0.3, 0.4) is 0 Å². The number of benzene rings is 1. The smallest absolute Gasteiger partial charge is 0.231 e. The highest BCUT2D eigenvalue weighted by atomic mass is 16.7. The minimum Gasteiger partial charge on any atom is -0.454 e. The molecule has 2 saturated carbocycles. The molecule has 24 heavy (non-hydrogen) atoms. The fourth-order valence-electron chi connectivity index (χ4n) is 5.10. The van der Waals surface area contributed by atoms with Crippen molar-refractivity contribution in [2.24, 2.45) is 17.8 Å². The second-order valence-corrected chi connectivity index (χ2v) is 7.70. The highest BCUT2D eigenvalue weighted by molar-refractivity contribution is 5.97. The van der Waals surface area contributed by atoms with Gasteiger partial charge < -0.3 is 14.8 Å². The van der Waals surface area contributed by atoms with Gasteiger partial charge in [0.1, 0.15) is 0 Å². The van der Waals surface area contributed by atoms with E-state index in [1.165, 1.54) is 31.2 Å². The van der Waals surface area contributed by atoms with Crippen molar-refractivity contribution >= 4 is 11.5 Å². The highest BCUT2D eigenvalue weighted by Gasteiger charge is 2.39. The van der Waals surface area contributed by atoms with Crippen LogP contribution in [0.1, 0.15) is 43.2 Å². The Hall–Kier alpha value is -1.97. The molecule has 2 aliphatic heterocycles. The molecule has 0 saturated heterocycles. The van der Waals surface area contributed by atoms with Crippen LogP contribution in [0.2, 0.25) is 0 Å². The van der Waals surface area contributed by atoms with Crippen LogP contribution in [0.5, 0.6) is 11.5 Å². The van der Waals surface area contributed by atoms with Crippen molar-refractivity contribution in [3.05, 3.63) is 29.3 Å². The van der Waals surface area contributed by atoms with Crippen molar-refractivity contribution in [3.8, 4) is 11.5 Å². The third-order valence-corrected chi connectivity index (χ3v) is 6.25. The second-order valence-electron chi connectivity index (χ2n) is 7.70. The molecular weight excluding hydrogens is 302 g/mol. The van der Waals surface area contributed by atoms with Crippen LogP contribution in [0.4, 0.5) is 0 Å². The number of hydrogen-bond acceptors (Lipinski definition) is 4. The molecule has 4 aliphatic rings. The van der Waals surface area contributed by atoms with Crippen molar-refractivity contribution in [1.29, 1.82) is 0 Å². The molecule has 5 rings (SSSR count).